The van der Waals surface area contributed by atoms with Gasteiger partial charge in [-0.05, 0) is 50.6 Å². The van der Waals surface area contributed by atoms with E-state index in [1.54, 1.807) is 11.9 Å². The van der Waals surface area contributed by atoms with E-state index in [1.807, 2.05) is 25.1 Å². The van der Waals surface area contributed by atoms with Gasteiger partial charge in [-0.25, -0.2) is 0 Å². The van der Waals surface area contributed by atoms with E-state index >= 15 is 0 Å². The van der Waals surface area contributed by atoms with Gasteiger partial charge in [-0.3, -0.25) is 14.5 Å². The molecule has 1 aliphatic rings. The van der Waals surface area contributed by atoms with Gasteiger partial charge in [-0.1, -0.05) is 15.9 Å². The molecule has 2 N–H and O–H groups in total. The maximum Gasteiger partial charge on any atom is 0.238 e. The highest BCUT2D eigenvalue weighted by atomic mass is 79.9. The van der Waals surface area contributed by atoms with E-state index in [0.29, 0.717) is 6.04 Å². The number of hydrogen-bond donors (Lipinski definition) is 2. The van der Waals surface area contributed by atoms with Crippen LogP contribution in [0.25, 0.3) is 0 Å². The van der Waals surface area contributed by atoms with E-state index in [1.165, 1.54) is 0 Å². The number of aryl methyl sites for hydroxylation is 1. The molecule has 0 radical (unpaired) electrons. The lowest BCUT2D eigenvalue weighted by atomic mass is 10.2. The molecule has 0 atom stereocenters. The SMILES string of the molecule is Cc1cc(NC(=O)CN(C)CC(=O)NC2CC2)ccc1Br. The van der Waals surface area contributed by atoms with Gasteiger partial charge < -0.3 is 10.6 Å². The van der Waals surface area contributed by atoms with Crippen molar-refractivity contribution in [1.29, 1.82) is 0 Å². The van der Waals surface area contributed by atoms with Crippen LogP contribution >= 0.6 is 15.9 Å². The lowest BCUT2D eigenvalue weighted by molar-refractivity contribution is -0.123. The fourth-order valence-corrected chi connectivity index (χ4v) is 2.22. The maximum atomic E-state index is 11.9. The van der Waals surface area contributed by atoms with Crippen molar-refractivity contribution in [3.63, 3.8) is 0 Å². The smallest absolute Gasteiger partial charge is 0.238 e. The molecular weight excluding hydrogens is 334 g/mol. The highest BCUT2D eigenvalue weighted by molar-refractivity contribution is 9.10. The van der Waals surface area contributed by atoms with Gasteiger partial charge >= 0.3 is 0 Å². The molecule has 0 saturated heterocycles. The summed E-state index contributed by atoms with van der Waals surface area (Å²) in [6, 6.07) is 6.00. The summed E-state index contributed by atoms with van der Waals surface area (Å²) >= 11 is 3.42. The molecule has 0 aromatic heterocycles. The summed E-state index contributed by atoms with van der Waals surface area (Å²) in [4.78, 5) is 25.3. The van der Waals surface area contributed by atoms with Gasteiger partial charge in [0.1, 0.15) is 0 Å². The number of carbonyl (C=O) groups is 2. The van der Waals surface area contributed by atoms with Crippen LogP contribution in [-0.4, -0.2) is 42.9 Å². The van der Waals surface area contributed by atoms with Crippen molar-refractivity contribution >= 4 is 33.4 Å². The molecule has 114 valence electrons. The minimum atomic E-state index is -0.126. The topological polar surface area (TPSA) is 61.4 Å². The van der Waals surface area contributed by atoms with Gasteiger partial charge in [-0.15, -0.1) is 0 Å². The number of amides is 2. The van der Waals surface area contributed by atoms with Gasteiger partial charge in [0.05, 0.1) is 13.1 Å². The van der Waals surface area contributed by atoms with Crippen LogP contribution in [0.15, 0.2) is 22.7 Å². The summed E-state index contributed by atoms with van der Waals surface area (Å²) in [7, 11) is 1.76. The summed E-state index contributed by atoms with van der Waals surface area (Å²) in [5.74, 6) is -0.147. The molecule has 1 saturated carbocycles. The standard InChI is InChI=1S/C15H20BrN3O2/c1-10-7-12(5-6-13(10)16)18-15(21)9-19(2)8-14(20)17-11-3-4-11/h5-7,11H,3-4,8-9H2,1-2H3,(H,17,20)(H,18,21). The van der Waals surface area contributed by atoms with Crippen molar-refractivity contribution in [3.8, 4) is 0 Å². The normalized spacial score (nSPS) is 14.1. The zero-order valence-electron chi connectivity index (χ0n) is 12.3. The molecule has 1 aromatic carbocycles. The second-order valence-electron chi connectivity index (χ2n) is 5.53. The summed E-state index contributed by atoms with van der Waals surface area (Å²) in [5, 5.41) is 5.74. The lowest BCUT2D eigenvalue weighted by Gasteiger charge is -2.16. The van der Waals surface area contributed by atoms with Crippen LogP contribution in [0.5, 0.6) is 0 Å². The van der Waals surface area contributed by atoms with Crippen LogP contribution in [0, 0.1) is 6.92 Å². The van der Waals surface area contributed by atoms with Crippen LogP contribution in [-0.2, 0) is 9.59 Å². The average molecular weight is 354 g/mol. The molecule has 21 heavy (non-hydrogen) atoms. The predicted molar refractivity (Wildman–Crippen MR) is 86.2 cm³/mol. The Labute approximate surface area is 133 Å². The largest absolute Gasteiger partial charge is 0.352 e. The minimum absolute atomic E-state index is 0.0210. The average Bonchev–Trinajstić information content (AvgIpc) is 3.17. The van der Waals surface area contributed by atoms with Crippen molar-refractivity contribution in [2.45, 2.75) is 25.8 Å². The molecule has 5 nitrogen and oxygen atoms in total. The third-order valence-corrected chi connectivity index (χ3v) is 4.10. The quantitative estimate of drug-likeness (QED) is 0.821. The summed E-state index contributed by atoms with van der Waals surface area (Å²) in [6.07, 6.45) is 2.14. The fourth-order valence-electron chi connectivity index (χ4n) is 1.97. The van der Waals surface area contributed by atoms with Crippen molar-refractivity contribution < 1.29 is 9.59 Å². The van der Waals surface area contributed by atoms with Crippen molar-refractivity contribution in [2.24, 2.45) is 0 Å². The molecule has 1 fully saturated rings. The first-order valence-electron chi connectivity index (χ1n) is 6.98. The Morgan fingerprint density at radius 2 is 1.95 bits per heavy atom. The molecule has 6 heteroatoms. The summed E-state index contributed by atoms with van der Waals surface area (Å²) in [5.41, 5.74) is 1.82. The van der Waals surface area contributed by atoms with Crippen LogP contribution in [0.1, 0.15) is 18.4 Å². The van der Waals surface area contributed by atoms with Gasteiger partial charge in [-0.2, -0.15) is 0 Å². The first-order valence-corrected chi connectivity index (χ1v) is 7.77. The molecule has 2 amide bonds. The number of hydrogen-bond acceptors (Lipinski definition) is 3. The van der Waals surface area contributed by atoms with Crippen LogP contribution in [0.3, 0.4) is 0 Å². The molecule has 0 spiro atoms. The van der Waals surface area contributed by atoms with Gasteiger partial charge in [0.15, 0.2) is 0 Å². The number of nitrogens with zero attached hydrogens (tertiary/aromatic N) is 1. The molecule has 2 rings (SSSR count). The molecule has 0 aliphatic heterocycles. The molecule has 1 aromatic rings. The molecule has 0 heterocycles. The lowest BCUT2D eigenvalue weighted by Crippen LogP contribution is -2.39. The van der Waals surface area contributed by atoms with Crippen LogP contribution < -0.4 is 10.6 Å². The number of carbonyl (C=O) groups excluding carboxylic acids is 2. The van der Waals surface area contributed by atoms with E-state index in [2.05, 4.69) is 26.6 Å². The van der Waals surface area contributed by atoms with Crippen LogP contribution in [0.4, 0.5) is 5.69 Å². The van der Waals surface area contributed by atoms with Gasteiger partial charge in [0.2, 0.25) is 11.8 Å². The van der Waals surface area contributed by atoms with E-state index < -0.39 is 0 Å². The second-order valence-corrected chi connectivity index (χ2v) is 6.38. The van der Waals surface area contributed by atoms with Crippen molar-refractivity contribution in [2.75, 3.05) is 25.5 Å². The fraction of sp³-hybridized carbons (Fsp3) is 0.467. The first kappa shape index (κ1) is 16.0. The number of rotatable bonds is 6. The number of nitrogens with one attached hydrogen (secondary N) is 2. The van der Waals surface area contributed by atoms with E-state index in [4.69, 9.17) is 0 Å². The highest BCUT2D eigenvalue weighted by Gasteiger charge is 2.23. The number of halogens is 1. The third kappa shape index (κ3) is 5.47. The van der Waals surface area contributed by atoms with E-state index in [-0.39, 0.29) is 24.9 Å². The Balaban J connectivity index is 1.77. The van der Waals surface area contributed by atoms with Gasteiger partial charge in [0.25, 0.3) is 0 Å². The van der Waals surface area contributed by atoms with E-state index in [9.17, 15) is 9.59 Å². The Hall–Kier alpha value is -1.40. The summed E-state index contributed by atoms with van der Waals surface area (Å²) in [6.45, 7) is 2.39. The molecule has 1 aliphatic carbocycles. The van der Waals surface area contributed by atoms with Crippen molar-refractivity contribution in [1.82, 2.24) is 10.2 Å². The maximum absolute atomic E-state index is 11.9. The number of likely N-dealkylation sites (N-methyl/N-ethyl adjacent to an activating group) is 1. The Morgan fingerprint density at radius 1 is 1.29 bits per heavy atom. The zero-order chi connectivity index (χ0) is 15.4. The predicted octanol–water partition coefficient (Wildman–Crippen LogP) is 1.91. The van der Waals surface area contributed by atoms with Gasteiger partial charge in [0, 0.05) is 16.2 Å². The Morgan fingerprint density at radius 3 is 2.57 bits per heavy atom. The van der Waals surface area contributed by atoms with Crippen LogP contribution in [0.2, 0.25) is 0 Å². The molecular formula is C15H20BrN3O2. The molecule has 0 unspecified atom stereocenters. The highest BCUT2D eigenvalue weighted by Crippen LogP contribution is 2.20. The Bertz CT molecular complexity index is 544. The summed E-state index contributed by atoms with van der Waals surface area (Å²) < 4.78 is 1.01. The van der Waals surface area contributed by atoms with Crippen molar-refractivity contribution in [3.05, 3.63) is 28.2 Å². The second kappa shape index (κ2) is 7.04. The minimum Gasteiger partial charge on any atom is -0.352 e. The zero-order valence-corrected chi connectivity index (χ0v) is 13.9. The Kier molecular flexibility index (Phi) is 5.36. The first-order chi connectivity index (χ1) is 9.94. The monoisotopic (exact) mass is 353 g/mol. The number of benzene rings is 1. The number of anilines is 1. The molecule has 0 bridgehead atoms. The third-order valence-electron chi connectivity index (χ3n) is 3.21. The van der Waals surface area contributed by atoms with E-state index in [0.717, 1.165) is 28.6 Å².